The third kappa shape index (κ3) is 3.77. The molecule has 0 heterocycles. The Labute approximate surface area is 96.1 Å². The number of hydrogen-bond acceptors (Lipinski definition) is 3. The summed E-state index contributed by atoms with van der Waals surface area (Å²) in [4.78, 5) is 11.3. The first-order valence-corrected chi connectivity index (χ1v) is 5.30. The SMILES string of the molecule is CCOC(=O)/C(C)=C\Nc1ccc(C)cc1. The Kier molecular flexibility index (Phi) is 4.58. The molecule has 1 aromatic carbocycles. The Balaban J connectivity index is 2.58. The topological polar surface area (TPSA) is 38.3 Å². The van der Waals surface area contributed by atoms with E-state index in [1.54, 1.807) is 20.0 Å². The molecule has 3 nitrogen and oxygen atoms in total. The van der Waals surface area contributed by atoms with E-state index in [-0.39, 0.29) is 5.97 Å². The second-order valence-corrected chi connectivity index (χ2v) is 3.56. The Morgan fingerprint density at radius 1 is 1.38 bits per heavy atom. The monoisotopic (exact) mass is 219 g/mol. The van der Waals surface area contributed by atoms with Gasteiger partial charge in [0.05, 0.1) is 12.2 Å². The second kappa shape index (κ2) is 5.95. The first kappa shape index (κ1) is 12.3. The molecule has 0 bridgehead atoms. The maximum Gasteiger partial charge on any atom is 0.335 e. The summed E-state index contributed by atoms with van der Waals surface area (Å²) < 4.78 is 4.86. The van der Waals surface area contributed by atoms with Gasteiger partial charge in [-0.3, -0.25) is 0 Å². The highest BCUT2D eigenvalue weighted by atomic mass is 16.5. The van der Waals surface area contributed by atoms with Crippen LogP contribution in [0.3, 0.4) is 0 Å². The summed E-state index contributed by atoms with van der Waals surface area (Å²) in [7, 11) is 0. The lowest BCUT2D eigenvalue weighted by Gasteiger charge is -2.04. The van der Waals surface area contributed by atoms with Gasteiger partial charge >= 0.3 is 5.97 Å². The van der Waals surface area contributed by atoms with Crippen LogP contribution < -0.4 is 5.32 Å². The van der Waals surface area contributed by atoms with Crippen LogP contribution in [0.4, 0.5) is 5.69 Å². The molecule has 0 aliphatic carbocycles. The molecule has 0 unspecified atom stereocenters. The van der Waals surface area contributed by atoms with Gasteiger partial charge in [-0.1, -0.05) is 17.7 Å². The number of ether oxygens (including phenoxy) is 1. The molecule has 0 aliphatic rings. The maximum absolute atomic E-state index is 11.3. The minimum Gasteiger partial charge on any atom is -0.463 e. The van der Waals surface area contributed by atoms with Gasteiger partial charge in [0.15, 0.2) is 0 Å². The number of nitrogens with one attached hydrogen (secondary N) is 1. The van der Waals surface area contributed by atoms with Crippen molar-refractivity contribution in [2.75, 3.05) is 11.9 Å². The first-order chi connectivity index (χ1) is 7.63. The Hall–Kier alpha value is -1.77. The molecule has 0 aromatic heterocycles. The molecule has 1 rings (SSSR count). The van der Waals surface area contributed by atoms with E-state index in [4.69, 9.17) is 4.74 Å². The van der Waals surface area contributed by atoms with Crippen LogP contribution in [0.2, 0.25) is 0 Å². The lowest BCUT2D eigenvalue weighted by atomic mass is 10.2. The number of carbonyl (C=O) groups excluding carboxylic acids is 1. The standard InChI is InChI=1S/C13H17NO2/c1-4-16-13(15)11(3)9-14-12-7-5-10(2)6-8-12/h5-9,14H,4H2,1-3H3/b11-9-. The Bertz CT molecular complexity index is 379. The van der Waals surface area contributed by atoms with Gasteiger partial charge in [0.1, 0.15) is 0 Å². The summed E-state index contributed by atoms with van der Waals surface area (Å²) in [5.41, 5.74) is 2.72. The van der Waals surface area contributed by atoms with E-state index in [2.05, 4.69) is 5.32 Å². The van der Waals surface area contributed by atoms with E-state index in [0.29, 0.717) is 12.2 Å². The van der Waals surface area contributed by atoms with E-state index in [1.807, 2.05) is 31.2 Å². The molecule has 3 heteroatoms. The molecule has 1 N–H and O–H groups in total. The Morgan fingerprint density at radius 3 is 2.56 bits per heavy atom. The van der Waals surface area contributed by atoms with Gasteiger partial charge in [0.2, 0.25) is 0 Å². The predicted octanol–water partition coefficient (Wildman–Crippen LogP) is 2.87. The van der Waals surface area contributed by atoms with Crippen molar-refractivity contribution in [1.82, 2.24) is 0 Å². The Morgan fingerprint density at radius 2 is 2.00 bits per heavy atom. The smallest absolute Gasteiger partial charge is 0.335 e. The lowest BCUT2D eigenvalue weighted by Crippen LogP contribution is -2.06. The number of hydrogen-bond donors (Lipinski definition) is 1. The summed E-state index contributed by atoms with van der Waals surface area (Å²) in [6, 6.07) is 7.94. The fourth-order valence-corrected chi connectivity index (χ4v) is 1.15. The molecule has 0 spiro atoms. The van der Waals surface area contributed by atoms with Crippen LogP contribution in [0.1, 0.15) is 19.4 Å². The van der Waals surface area contributed by atoms with E-state index in [0.717, 1.165) is 5.69 Å². The summed E-state index contributed by atoms with van der Waals surface area (Å²) in [6.45, 7) is 5.94. The summed E-state index contributed by atoms with van der Waals surface area (Å²) in [5.74, 6) is -0.290. The summed E-state index contributed by atoms with van der Waals surface area (Å²) in [6.07, 6.45) is 1.66. The third-order valence-corrected chi connectivity index (χ3v) is 2.10. The number of benzene rings is 1. The number of esters is 1. The number of carbonyl (C=O) groups is 1. The van der Waals surface area contributed by atoms with E-state index >= 15 is 0 Å². The van der Waals surface area contributed by atoms with Crippen molar-refractivity contribution in [1.29, 1.82) is 0 Å². The molecular weight excluding hydrogens is 202 g/mol. The minimum absolute atomic E-state index is 0.290. The van der Waals surface area contributed by atoms with Crippen LogP contribution in [0, 0.1) is 6.92 Å². The molecule has 0 radical (unpaired) electrons. The highest BCUT2D eigenvalue weighted by molar-refractivity contribution is 5.88. The zero-order valence-corrected chi connectivity index (χ0v) is 9.91. The number of anilines is 1. The number of rotatable bonds is 4. The normalized spacial score (nSPS) is 11.1. The fourth-order valence-electron chi connectivity index (χ4n) is 1.15. The fraction of sp³-hybridized carbons (Fsp3) is 0.308. The van der Waals surface area contributed by atoms with Gasteiger partial charge in [-0.25, -0.2) is 4.79 Å². The zero-order chi connectivity index (χ0) is 12.0. The van der Waals surface area contributed by atoms with Crippen molar-refractivity contribution in [3.8, 4) is 0 Å². The summed E-state index contributed by atoms with van der Waals surface area (Å²) >= 11 is 0. The molecule has 0 saturated carbocycles. The van der Waals surface area contributed by atoms with Crippen LogP contribution in [0.5, 0.6) is 0 Å². The van der Waals surface area contributed by atoms with Crippen molar-refractivity contribution >= 4 is 11.7 Å². The second-order valence-electron chi connectivity index (χ2n) is 3.56. The van der Waals surface area contributed by atoms with Crippen molar-refractivity contribution in [3.63, 3.8) is 0 Å². The van der Waals surface area contributed by atoms with Crippen molar-refractivity contribution in [2.45, 2.75) is 20.8 Å². The van der Waals surface area contributed by atoms with Crippen molar-refractivity contribution < 1.29 is 9.53 Å². The molecule has 86 valence electrons. The van der Waals surface area contributed by atoms with Gasteiger partial charge in [0.25, 0.3) is 0 Å². The molecule has 16 heavy (non-hydrogen) atoms. The number of aryl methyl sites for hydroxylation is 1. The third-order valence-electron chi connectivity index (χ3n) is 2.10. The van der Waals surface area contributed by atoms with E-state index < -0.39 is 0 Å². The maximum atomic E-state index is 11.3. The molecule has 0 saturated heterocycles. The van der Waals surface area contributed by atoms with Crippen LogP contribution in [-0.4, -0.2) is 12.6 Å². The highest BCUT2D eigenvalue weighted by Gasteiger charge is 2.03. The molecule has 1 aromatic rings. The van der Waals surface area contributed by atoms with Crippen LogP contribution in [0.15, 0.2) is 36.0 Å². The van der Waals surface area contributed by atoms with Crippen LogP contribution >= 0.6 is 0 Å². The zero-order valence-electron chi connectivity index (χ0n) is 9.91. The molecule has 0 amide bonds. The van der Waals surface area contributed by atoms with Crippen molar-refractivity contribution in [2.24, 2.45) is 0 Å². The largest absolute Gasteiger partial charge is 0.463 e. The predicted molar refractivity (Wildman–Crippen MR) is 65.2 cm³/mol. The van der Waals surface area contributed by atoms with Gasteiger partial charge in [-0.05, 0) is 32.9 Å². The van der Waals surface area contributed by atoms with Gasteiger partial charge in [-0.2, -0.15) is 0 Å². The van der Waals surface area contributed by atoms with Gasteiger partial charge in [0, 0.05) is 11.9 Å². The lowest BCUT2D eigenvalue weighted by molar-refractivity contribution is -0.138. The highest BCUT2D eigenvalue weighted by Crippen LogP contribution is 2.09. The molecule has 0 atom stereocenters. The minimum atomic E-state index is -0.290. The van der Waals surface area contributed by atoms with E-state index in [1.165, 1.54) is 5.56 Å². The molecule has 0 fully saturated rings. The van der Waals surface area contributed by atoms with Crippen molar-refractivity contribution in [3.05, 3.63) is 41.6 Å². The molecule has 0 aliphatic heterocycles. The molecular formula is C13H17NO2. The van der Waals surface area contributed by atoms with Gasteiger partial charge in [-0.15, -0.1) is 0 Å². The average molecular weight is 219 g/mol. The van der Waals surface area contributed by atoms with Crippen LogP contribution in [0.25, 0.3) is 0 Å². The quantitative estimate of drug-likeness (QED) is 0.625. The average Bonchev–Trinajstić information content (AvgIpc) is 2.28. The summed E-state index contributed by atoms with van der Waals surface area (Å²) in [5, 5.41) is 3.05. The van der Waals surface area contributed by atoms with Gasteiger partial charge < -0.3 is 10.1 Å². The van der Waals surface area contributed by atoms with Crippen LogP contribution in [-0.2, 0) is 9.53 Å². The van der Waals surface area contributed by atoms with E-state index in [9.17, 15) is 4.79 Å². The first-order valence-electron chi connectivity index (χ1n) is 5.30.